The fourth-order valence-electron chi connectivity index (χ4n) is 3.82. The normalized spacial score (nSPS) is 19.2. The van der Waals surface area contributed by atoms with Crippen molar-refractivity contribution in [3.63, 3.8) is 0 Å². The van der Waals surface area contributed by atoms with Crippen molar-refractivity contribution in [3.8, 4) is 11.5 Å². The van der Waals surface area contributed by atoms with E-state index in [1.165, 1.54) is 0 Å². The number of piperidine rings is 1. The van der Waals surface area contributed by atoms with Crippen LogP contribution in [0.2, 0.25) is 0 Å². The largest absolute Gasteiger partial charge is 0.493 e. The second kappa shape index (κ2) is 10.3. The predicted molar refractivity (Wildman–Crippen MR) is 109 cm³/mol. The summed E-state index contributed by atoms with van der Waals surface area (Å²) < 4.78 is 16.0. The third-order valence-electron chi connectivity index (χ3n) is 5.42. The summed E-state index contributed by atoms with van der Waals surface area (Å²) in [7, 11) is 3.18. The van der Waals surface area contributed by atoms with Crippen LogP contribution in [-0.2, 0) is 9.53 Å². The van der Waals surface area contributed by atoms with Crippen LogP contribution in [0, 0.1) is 5.92 Å². The molecule has 3 amide bonds. The number of likely N-dealkylation sites (tertiary alicyclic amines) is 2. The van der Waals surface area contributed by atoms with Crippen LogP contribution in [0.3, 0.4) is 0 Å². The van der Waals surface area contributed by atoms with Crippen LogP contribution in [0.4, 0.5) is 10.5 Å². The highest BCUT2D eigenvalue weighted by atomic mass is 16.5. The molecule has 2 saturated heterocycles. The molecule has 160 valence electrons. The molecule has 0 radical (unpaired) electrons. The van der Waals surface area contributed by atoms with Crippen LogP contribution in [0.25, 0.3) is 0 Å². The Morgan fingerprint density at radius 3 is 2.52 bits per heavy atom. The number of urea groups is 1. The number of nitrogens with one attached hydrogen (secondary N) is 1. The summed E-state index contributed by atoms with van der Waals surface area (Å²) >= 11 is 0. The zero-order valence-electron chi connectivity index (χ0n) is 17.3. The van der Waals surface area contributed by atoms with Crippen molar-refractivity contribution in [3.05, 3.63) is 18.2 Å². The molecule has 0 bridgehead atoms. The van der Waals surface area contributed by atoms with Gasteiger partial charge in [0, 0.05) is 45.0 Å². The number of anilines is 1. The molecule has 2 aliphatic rings. The zero-order chi connectivity index (χ0) is 20.6. The number of rotatable bonds is 7. The Balaban J connectivity index is 1.60. The lowest BCUT2D eigenvalue weighted by Crippen LogP contribution is -2.48. The molecule has 1 atom stereocenters. The van der Waals surface area contributed by atoms with E-state index >= 15 is 0 Å². The number of carbonyl (C=O) groups excluding carboxylic acids is 2. The number of benzene rings is 1. The molecule has 1 N–H and O–H groups in total. The van der Waals surface area contributed by atoms with Gasteiger partial charge in [-0.2, -0.15) is 0 Å². The molecule has 2 heterocycles. The minimum atomic E-state index is -0.213. The van der Waals surface area contributed by atoms with E-state index in [9.17, 15) is 9.59 Å². The van der Waals surface area contributed by atoms with Crippen molar-refractivity contribution in [2.24, 2.45) is 5.92 Å². The van der Waals surface area contributed by atoms with Gasteiger partial charge in [-0.25, -0.2) is 4.79 Å². The van der Waals surface area contributed by atoms with Gasteiger partial charge >= 0.3 is 6.03 Å². The summed E-state index contributed by atoms with van der Waals surface area (Å²) in [5, 5.41) is 2.97. The maximum atomic E-state index is 12.8. The van der Waals surface area contributed by atoms with E-state index in [2.05, 4.69) is 5.32 Å². The van der Waals surface area contributed by atoms with E-state index < -0.39 is 0 Å². The van der Waals surface area contributed by atoms with Crippen LogP contribution >= 0.6 is 0 Å². The minimum absolute atomic E-state index is 0.0678. The number of hydrogen-bond donors (Lipinski definition) is 1. The number of ether oxygens (including phenoxy) is 3. The first-order valence-electron chi connectivity index (χ1n) is 10.3. The van der Waals surface area contributed by atoms with Gasteiger partial charge in [0.1, 0.15) is 6.61 Å². The van der Waals surface area contributed by atoms with Crippen LogP contribution in [-0.4, -0.2) is 75.4 Å². The van der Waals surface area contributed by atoms with Gasteiger partial charge in [-0.3, -0.25) is 4.79 Å². The Kier molecular flexibility index (Phi) is 7.57. The Labute approximate surface area is 172 Å². The quantitative estimate of drug-likeness (QED) is 0.706. The molecule has 1 aromatic rings. The number of amides is 3. The highest BCUT2D eigenvalue weighted by molar-refractivity contribution is 5.93. The van der Waals surface area contributed by atoms with E-state index in [0.717, 1.165) is 45.3 Å². The standard InChI is InChI=1S/C21H31N3O5/c1-27-12-13-29-19-14-17(7-8-18(19)28-2)22-20(25)16-6-5-11-24(15-16)21(26)23-9-3-4-10-23/h7-8,14,16H,3-6,9-13,15H2,1-2H3,(H,22,25)/t16-/m0/s1. The molecule has 1 aromatic carbocycles. The zero-order valence-corrected chi connectivity index (χ0v) is 17.3. The Bertz CT molecular complexity index is 706. The lowest BCUT2D eigenvalue weighted by atomic mass is 9.97. The molecule has 3 rings (SSSR count). The van der Waals surface area contributed by atoms with Crippen molar-refractivity contribution in [1.82, 2.24) is 9.80 Å². The summed E-state index contributed by atoms with van der Waals surface area (Å²) in [5.41, 5.74) is 0.645. The van der Waals surface area contributed by atoms with Gasteiger partial charge in [0.25, 0.3) is 0 Å². The second-order valence-electron chi connectivity index (χ2n) is 7.46. The first-order chi connectivity index (χ1) is 14.1. The summed E-state index contributed by atoms with van der Waals surface area (Å²) in [4.78, 5) is 29.2. The number of methoxy groups -OCH3 is 2. The van der Waals surface area contributed by atoms with Gasteiger partial charge in [-0.15, -0.1) is 0 Å². The van der Waals surface area contributed by atoms with Crippen molar-refractivity contribution in [2.75, 3.05) is 58.9 Å². The van der Waals surface area contributed by atoms with E-state index in [1.807, 2.05) is 9.80 Å². The number of carbonyl (C=O) groups is 2. The molecular formula is C21H31N3O5. The highest BCUT2D eigenvalue weighted by Crippen LogP contribution is 2.31. The molecule has 0 unspecified atom stereocenters. The minimum Gasteiger partial charge on any atom is -0.493 e. The fourth-order valence-corrected chi connectivity index (χ4v) is 3.82. The maximum Gasteiger partial charge on any atom is 0.320 e. The topological polar surface area (TPSA) is 80.3 Å². The lowest BCUT2D eigenvalue weighted by molar-refractivity contribution is -0.121. The van der Waals surface area contributed by atoms with Crippen molar-refractivity contribution < 1.29 is 23.8 Å². The van der Waals surface area contributed by atoms with Gasteiger partial charge in [-0.1, -0.05) is 0 Å². The predicted octanol–water partition coefficient (Wildman–Crippen LogP) is 2.59. The molecule has 2 aliphatic heterocycles. The molecular weight excluding hydrogens is 374 g/mol. The van der Waals surface area contributed by atoms with E-state index in [1.54, 1.807) is 32.4 Å². The summed E-state index contributed by atoms with van der Waals surface area (Å²) in [6, 6.07) is 5.37. The molecule has 0 saturated carbocycles. The van der Waals surface area contributed by atoms with Gasteiger partial charge in [0.05, 0.1) is 19.6 Å². The van der Waals surface area contributed by atoms with Crippen molar-refractivity contribution in [2.45, 2.75) is 25.7 Å². The Morgan fingerprint density at radius 2 is 1.79 bits per heavy atom. The third kappa shape index (κ3) is 5.53. The first-order valence-corrected chi connectivity index (χ1v) is 10.3. The van der Waals surface area contributed by atoms with Crippen LogP contribution in [0.15, 0.2) is 18.2 Å². The lowest BCUT2D eigenvalue weighted by Gasteiger charge is -2.34. The van der Waals surface area contributed by atoms with Crippen LogP contribution in [0.5, 0.6) is 11.5 Å². The Morgan fingerprint density at radius 1 is 1.03 bits per heavy atom. The maximum absolute atomic E-state index is 12.8. The van der Waals surface area contributed by atoms with Gasteiger partial charge in [-0.05, 0) is 37.8 Å². The number of hydrogen-bond acceptors (Lipinski definition) is 5. The molecule has 0 spiro atoms. The fraction of sp³-hybridized carbons (Fsp3) is 0.619. The summed E-state index contributed by atoms with van der Waals surface area (Å²) in [5.74, 6) is 0.864. The molecule has 29 heavy (non-hydrogen) atoms. The van der Waals surface area contributed by atoms with Crippen molar-refractivity contribution in [1.29, 1.82) is 0 Å². The third-order valence-corrected chi connectivity index (χ3v) is 5.42. The van der Waals surface area contributed by atoms with E-state index in [4.69, 9.17) is 14.2 Å². The molecule has 0 aromatic heterocycles. The summed E-state index contributed by atoms with van der Waals surface area (Å²) in [6.07, 6.45) is 3.75. The molecule has 8 nitrogen and oxygen atoms in total. The first kappa shape index (κ1) is 21.2. The SMILES string of the molecule is COCCOc1cc(NC(=O)[C@H]2CCCN(C(=O)N3CCCC3)C2)ccc1OC. The van der Waals surface area contributed by atoms with Gasteiger partial charge in [0.15, 0.2) is 11.5 Å². The average Bonchev–Trinajstić information content (AvgIpc) is 3.28. The summed E-state index contributed by atoms with van der Waals surface area (Å²) in [6.45, 7) is 3.69. The highest BCUT2D eigenvalue weighted by Gasteiger charge is 2.31. The smallest absolute Gasteiger partial charge is 0.320 e. The van der Waals surface area contributed by atoms with Crippen molar-refractivity contribution >= 4 is 17.6 Å². The average molecular weight is 405 g/mol. The van der Waals surface area contributed by atoms with Gasteiger partial charge < -0.3 is 29.3 Å². The van der Waals surface area contributed by atoms with E-state index in [0.29, 0.717) is 36.9 Å². The molecule has 2 fully saturated rings. The van der Waals surface area contributed by atoms with Gasteiger partial charge in [0.2, 0.25) is 5.91 Å². The van der Waals surface area contributed by atoms with Crippen LogP contribution in [0.1, 0.15) is 25.7 Å². The second-order valence-corrected chi connectivity index (χ2v) is 7.46. The Hall–Kier alpha value is -2.48. The van der Waals surface area contributed by atoms with Crippen LogP contribution < -0.4 is 14.8 Å². The monoisotopic (exact) mass is 405 g/mol. The molecule has 8 heteroatoms. The molecule has 0 aliphatic carbocycles. The number of nitrogens with zero attached hydrogens (tertiary/aromatic N) is 2. The van der Waals surface area contributed by atoms with E-state index in [-0.39, 0.29) is 17.9 Å².